The molecule has 1 fully saturated rings. The molecule has 3 aromatic rings. The van der Waals surface area contributed by atoms with Crippen molar-refractivity contribution in [1.29, 1.82) is 0 Å². The Labute approximate surface area is 177 Å². The Hall–Kier alpha value is -2.80. The minimum absolute atomic E-state index is 0.0231. The molecule has 30 heavy (non-hydrogen) atoms. The fourth-order valence-electron chi connectivity index (χ4n) is 3.66. The van der Waals surface area contributed by atoms with E-state index in [1.165, 1.54) is 0 Å². The Morgan fingerprint density at radius 2 is 1.80 bits per heavy atom. The SMILES string of the molecule is CCOc1ccc(S(=O)(=O)c2nc(-c3cccc(C)c3)oc2N2CCCCC2)cc1. The molecule has 4 rings (SSSR count). The predicted molar refractivity (Wildman–Crippen MR) is 116 cm³/mol. The highest BCUT2D eigenvalue weighted by Gasteiger charge is 2.32. The predicted octanol–water partition coefficient (Wildman–Crippen LogP) is 4.87. The molecule has 0 atom stereocenters. The second-order valence-electron chi connectivity index (χ2n) is 7.45. The van der Waals surface area contributed by atoms with Crippen LogP contribution >= 0.6 is 0 Å². The molecule has 2 heterocycles. The summed E-state index contributed by atoms with van der Waals surface area (Å²) in [7, 11) is -3.85. The topological polar surface area (TPSA) is 72.6 Å². The average molecular weight is 427 g/mol. The van der Waals surface area contributed by atoms with Crippen molar-refractivity contribution in [1.82, 2.24) is 4.98 Å². The first-order chi connectivity index (χ1) is 14.5. The van der Waals surface area contributed by atoms with Crippen molar-refractivity contribution < 1.29 is 17.6 Å². The van der Waals surface area contributed by atoms with Crippen LogP contribution in [0.4, 0.5) is 5.88 Å². The number of aryl methyl sites for hydroxylation is 1. The van der Waals surface area contributed by atoms with E-state index in [0.29, 0.717) is 24.1 Å². The molecule has 0 radical (unpaired) electrons. The maximum Gasteiger partial charge on any atom is 0.236 e. The van der Waals surface area contributed by atoms with E-state index < -0.39 is 9.84 Å². The lowest BCUT2D eigenvalue weighted by Crippen LogP contribution is -2.30. The molecule has 6 nitrogen and oxygen atoms in total. The Balaban J connectivity index is 1.80. The van der Waals surface area contributed by atoms with Crippen molar-refractivity contribution >= 4 is 15.7 Å². The molecule has 0 unspecified atom stereocenters. The number of rotatable bonds is 6. The smallest absolute Gasteiger partial charge is 0.236 e. The normalized spacial score (nSPS) is 14.7. The van der Waals surface area contributed by atoms with Crippen LogP contribution in [0.15, 0.2) is 62.9 Å². The molecule has 0 N–H and O–H groups in total. The van der Waals surface area contributed by atoms with Crippen LogP contribution in [0.25, 0.3) is 11.5 Å². The first-order valence-electron chi connectivity index (χ1n) is 10.3. The lowest BCUT2D eigenvalue weighted by Gasteiger charge is -2.26. The zero-order chi connectivity index (χ0) is 21.1. The highest BCUT2D eigenvalue weighted by Crippen LogP contribution is 2.36. The molecule has 158 valence electrons. The van der Waals surface area contributed by atoms with Gasteiger partial charge in [0.1, 0.15) is 5.75 Å². The monoisotopic (exact) mass is 426 g/mol. The van der Waals surface area contributed by atoms with Crippen LogP contribution in [0.3, 0.4) is 0 Å². The van der Waals surface area contributed by atoms with Gasteiger partial charge >= 0.3 is 0 Å². The van der Waals surface area contributed by atoms with E-state index in [2.05, 4.69) is 4.98 Å². The zero-order valence-corrected chi connectivity index (χ0v) is 18.1. The van der Waals surface area contributed by atoms with Crippen molar-refractivity contribution in [2.75, 3.05) is 24.6 Å². The van der Waals surface area contributed by atoms with Gasteiger partial charge in [-0.05, 0) is 69.5 Å². The summed E-state index contributed by atoms with van der Waals surface area (Å²) in [5.41, 5.74) is 1.82. The summed E-state index contributed by atoms with van der Waals surface area (Å²) >= 11 is 0. The number of nitrogens with zero attached hydrogens (tertiary/aromatic N) is 2. The minimum atomic E-state index is -3.85. The number of aromatic nitrogens is 1. The summed E-state index contributed by atoms with van der Waals surface area (Å²) in [6.07, 6.45) is 3.14. The second-order valence-corrected chi connectivity index (χ2v) is 9.32. The third-order valence-corrected chi connectivity index (χ3v) is 6.86. The van der Waals surface area contributed by atoms with Gasteiger partial charge in [0, 0.05) is 18.7 Å². The van der Waals surface area contributed by atoms with Crippen molar-refractivity contribution in [3.8, 4) is 17.2 Å². The molecule has 1 aromatic heterocycles. The van der Waals surface area contributed by atoms with E-state index >= 15 is 0 Å². The quantitative estimate of drug-likeness (QED) is 0.560. The van der Waals surface area contributed by atoms with Gasteiger partial charge in [0.25, 0.3) is 0 Å². The van der Waals surface area contributed by atoms with Gasteiger partial charge in [-0.15, -0.1) is 0 Å². The number of sulfone groups is 1. The molecule has 2 aromatic carbocycles. The fourth-order valence-corrected chi connectivity index (χ4v) is 4.99. The van der Waals surface area contributed by atoms with Crippen molar-refractivity contribution in [2.24, 2.45) is 0 Å². The molecule has 0 bridgehead atoms. The van der Waals surface area contributed by atoms with E-state index in [9.17, 15) is 8.42 Å². The molecular formula is C23H26N2O4S. The summed E-state index contributed by atoms with van der Waals surface area (Å²) in [5.74, 6) is 1.29. The third kappa shape index (κ3) is 4.07. The lowest BCUT2D eigenvalue weighted by atomic mass is 10.1. The maximum atomic E-state index is 13.5. The molecule has 1 aliphatic rings. The summed E-state index contributed by atoms with van der Waals surface area (Å²) in [5, 5.41) is -0.0231. The minimum Gasteiger partial charge on any atom is -0.494 e. The average Bonchev–Trinajstić information content (AvgIpc) is 3.22. The Morgan fingerprint density at radius 1 is 1.07 bits per heavy atom. The summed E-state index contributed by atoms with van der Waals surface area (Å²) in [6, 6.07) is 14.2. The first kappa shape index (κ1) is 20.5. The van der Waals surface area contributed by atoms with E-state index in [0.717, 1.165) is 43.5 Å². The van der Waals surface area contributed by atoms with Gasteiger partial charge in [-0.1, -0.05) is 17.7 Å². The van der Waals surface area contributed by atoms with E-state index in [-0.39, 0.29) is 9.92 Å². The Morgan fingerprint density at radius 3 is 2.47 bits per heavy atom. The third-order valence-electron chi connectivity index (χ3n) is 5.19. The number of anilines is 1. The molecule has 0 saturated carbocycles. The van der Waals surface area contributed by atoms with Crippen LogP contribution in [-0.4, -0.2) is 33.1 Å². The largest absolute Gasteiger partial charge is 0.494 e. The number of hydrogen-bond donors (Lipinski definition) is 0. The van der Waals surface area contributed by atoms with Gasteiger partial charge in [0.15, 0.2) is 0 Å². The second kappa shape index (κ2) is 8.52. The van der Waals surface area contributed by atoms with Crippen LogP contribution < -0.4 is 9.64 Å². The highest BCUT2D eigenvalue weighted by molar-refractivity contribution is 7.91. The van der Waals surface area contributed by atoms with Gasteiger partial charge in [0.05, 0.1) is 11.5 Å². The van der Waals surface area contributed by atoms with Gasteiger partial charge in [0.2, 0.25) is 26.6 Å². The summed E-state index contributed by atoms with van der Waals surface area (Å²) in [6.45, 7) is 5.91. The molecule has 1 saturated heterocycles. The molecule has 7 heteroatoms. The van der Waals surface area contributed by atoms with Gasteiger partial charge in [-0.2, -0.15) is 4.98 Å². The zero-order valence-electron chi connectivity index (χ0n) is 17.3. The first-order valence-corrected chi connectivity index (χ1v) is 11.8. The molecule has 0 amide bonds. The maximum absolute atomic E-state index is 13.5. The standard InChI is InChI=1S/C23H26N2O4S/c1-3-28-19-10-12-20(13-11-19)30(26,27)22-23(25-14-5-4-6-15-25)29-21(24-22)18-9-7-8-17(2)16-18/h7-13,16H,3-6,14-15H2,1-2H3. The van der Waals surface area contributed by atoms with Crippen LogP contribution in [0.2, 0.25) is 0 Å². The molecule has 0 aliphatic carbocycles. The summed E-state index contributed by atoms with van der Waals surface area (Å²) < 4.78 is 38.5. The molecule has 0 spiro atoms. The molecule has 1 aliphatic heterocycles. The summed E-state index contributed by atoms with van der Waals surface area (Å²) in [4.78, 5) is 6.65. The van der Waals surface area contributed by atoms with E-state index in [4.69, 9.17) is 9.15 Å². The Kier molecular flexibility index (Phi) is 5.81. The number of oxazole rings is 1. The fraction of sp³-hybridized carbons (Fsp3) is 0.348. The van der Waals surface area contributed by atoms with Crippen LogP contribution in [0.5, 0.6) is 5.75 Å². The van der Waals surface area contributed by atoms with Crippen molar-refractivity contribution in [3.05, 3.63) is 54.1 Å². The number of hydrogen-bond acceptors (Lipinski definition) is 6. The number of benzene rings is 2. The number of piperidine rings is 1. The van der Waals surface area contributed by atoms with Crippen LogP contribution in [0.1, 0.15) is 31.7 Å². The highest BCUT2D eigenvalue weighted by atomic mass is 32.2. The molecular weight excluding hydrogens is 400 g/mol. The van der Waals surface area contributed by atoms with Crippen molar-refractivity contribution in [2.45, 2.75) is 43.0 Å². The van der Waals surface area contributed by atoms with Crippen LogP contribution in [0, 0.1) is 6.92 Å². The van der Waals surface area contributed by atoms with Gasteiger partial charge < -0.3 is 14.1 Å². The van der Waals surface area contributed by atoms with Crippen molar-refractivity contribution in [3.63, 3.8) is 0 Å². The van der Waals surface area contributed by atoms with Gasteiger partial charge in [-0.25, -0.2) is 8.42 Å². The van der Waals surface area contributed by atoms with Crippen LogP contribution in [-0.2, 0) is 9.84 Å². The van der Waals surface area contributed by atoms with E-state index in [1.807, 2.05) is 43.0 Å². The lowest BCUT2D eigenvalue weighted by molar-refractivity contribution is 0.340. The number of ether oxygens (including phenoxy) is 1. The van der Waals surface area contributed by atoms with Gasteiger partial charge in [-0.3, -0.25) is 0 Å². The van der Waals surface area contributed by atoms with E-state index in [1.54, 1.807) is 24.3 Å². The Bertz CT molecular complexity index is 1110.